The van der Waals surface area contributed by atoms with E-state index < -0.39 is 12.0 Å². The Bertz CT molecular complexity index is 806. The predicted octanol–water partition coefficient (Wildman–Crippen LogP) is 2.47. The lowest BCUT2D eigenvalue weighted by Crippen LogP contribution is -2.42. The van der Waals surface area contributed by atoms with Gasteiger partial charge in [0.1, 0.15) is 18.1 Å². The quantitative estimate of drug-likeness (QED) is 0.613. The Morgan fingerprint density at radius 2 is 2.15 bits per heavy atom. The standard InChI is InChI=1S/C19H20N2O5/c1-2-9-24-14-8-7-13(15(22)10-14)11-20-21-19(23)18-12-25-16-5-3-4-6-17(16)26-18/h3-8,10-11,18,22H,2,9,12H2,1H3,(H,21,23)/b20-11+. The molecule has 136 valence electrons. The lowest BCUT2D eigenvalue weighted by Gasteiger charge is -2.24. The van der Waals surface area contributed by atoms with Gasteiger partial charge in [0.15, 0.2) is 11.5 Å². The second kappa shape index (κ2) is 8.24. The third-order valence-corrected chi connectivity index (χ3v) is 3.65. The summed E-state index contributed by atoms with van der Waals surface area (Å²) < 4.78 is 16.5. The third kappa shape index (κ3) is 4.24. The summed E-state index contributed by atoms with van der Waals surface area (Å²) in [6, 6.07) is 12.0. The molecule has 0 spiro atoms. The summed E-state index contributed by atoms with van der Waals surface area (Å²) in [6.07, 6.45) is 1.45. The Kier molecular flexibility index (Phi) is 5.58. The van der Waals surface area contributed by atoms with Gasteiger partial charge in [-0.25, -0.2) is 5.43 Å². The summed E-state index contributed by atoms with van der Waals surface area (Å²) in [5, 5.41) is 13.8. The van der Waals surface area contributed by atoms with Crippen molar-refractivity contribution < 1.29 is 24.1 Å². The van der Waals surface area contributed by atoms with Gasteiger partial charge in [0.05, 0.1) is 12.8 Å². The van der Waals surface area contributed by atoms with Crippen molar-refractivity contribution in [1.82, 2.24) is 5.43 Å². The maximum Gasteiger partial charge on any atom is 0.284 e. The van der Waals surface area contributed by atoms with Crippen LogP contribution < -0.4 is 19.6 Å². The molecule has 7 heteroatoms. The van der Waals surface area contributed by atoms with Gasteiger partial charge in [-0.15, -0.1) is 0 Å². The second-order valence-electron chi connectivity index (χ2n) is 5.67. The van der Waals surface area contributed by atoms with Crippen LogP contribution in [0.15, 0.2) is 47.6 Å². The molecule has 0 fully saturated rings. The molecule has 0 bridgehead atoms. The molecule has 26 heavy (non-hydrogen) atoms. The highest BCUT2D eigenvalue weighted by atomic mass is 16.6. The van der Waals surface area contributed by atoms with E-state index in [0.29, 0.717) is 29.4 Å². The number of fused-ring (bicyclic) bond motifs is 1. The average molecular weight is 356 g/mol. The molecule has 1 heterocycles. The van der Waals surface area contributed by atoms with Crippen molar-refractivity contribution in [3.05, 3.63) is 48.0 Å². The largest absolute Gasteiger partial charge is 0.507 e. The number of aromatic hydroxyl groups is 1. The van der Waals surface area contributed by atoms with Crippen molar-refractivity contribution in [3.8, 4) is 23.0 Å². The van der Waals surface area contributed by atoms with Crippen molar-refractivity contribution in [2.45, 2.75) is 19.4 Å². The Labute approximate surface area is 151 Å². The number of carbonyl (C=O) groups excluding carboxylic acids is 1. The van der Waals surface area contributed by atoms with Crippen LogP contribution >= 0.6 is 0 Å². The number of amides is 1. The van der Waals surface area contributed by atoms with Gasteiger partial charge in [0, 0.05) is 11.6 Å². The van der Waals surface area contributed by atoms with E-state index in [4.69, 9.17) is 14.2 Å². The van der Waals surface area contributed by atoms with Crippen LogP contribution in [0.2, 0.25) is 0 Å². The Morgan fingerprint density at radius 1 is 1.35 bits per heavy atom. The number of nitrogens with one attached hydrogen (secondary N) is 1. The maximum absolute atomic E-state index is 12.1. The second-order valence-corrected chi connectivity index (χ2v) is 5.67. The van der Waals surface area contributed by atoms with Crippen LogP contribution in [0.25, 0.3) is 0 Å². The molecule has 2 N–H and O–H groups in total. The number of nitrogens with zero attached hydrogens (tertiary/aromatic N) is 1. The number of ether oxygens (including phenoxy) is 3. The number of benzene rings is 2. The molecule has 2 aromatic rings. The zero-order valence-corrected chi connectivity index (χ0v) is 14.3. The first-order valence-corrected chi connectivity index (χ1v) is 8.34. The van der Waals surface area contributed by atoms with Crippen LogP contribution in [0.4, 0.5) is 0 Å². The fourth-order valence-corrected chi connectivity index (χ4v) is 2.33. The van der Waals surface area contributed by atoms with Gasteiger partial charge in [-0.1, -0.05) is 19.1 Å². The van der Waals surface area contributed by atoms with Gasteiger partial charge in [-0.05, 0) is 30.7 Å². The minimum absolute atomic E-state index is 0.0165. The molecule has 1 amide bonds. The van der Waals surface area contributed by atoms with Crippen molar-refractivity contribution in [3.63, 3.8) is 0 Å². The Balaban J connectivity index is 1.56. The lowest BCUT2D eigenvalue weighted by molar-refractivity contribution is -0.130. The summed E-state index contributed by atoms with van der Waals surface area (Å²) >= 11 is 0. The Morgan fingerprint density at radius 3 is 2.92 bits per heavy atom. The first-order valence-electron chi connectivity index (χ1n) is 8.34. The smallest absolute Gasteiger partial charge is 0.284 e. The summed E-state index contributed by atoms with van der Waals surface area (Å²) in [6.45, 7) is 2.69. The molecule has 1 aliphatic heterocycles. The topological polar surface area (TPSA) is 89.4 Å². The number of phenolic OH excluding ortho intramolecular Hbond substituents is 1. The van der Waals surface area contributed by atoms with Crippen LogP contribution in [0.5, 0.6) is 23.0 Å². The molecule has 0 aliphatic carbocycles. The maximum atomic E-state index is 12.1. The van der Waals surface area contributed by atoms with Crippen LogP contribution in [0.3, 0.4) is 0 Å². The minimum atomic E-state index is -0.791. The predicted molar refractivity (Wildman–Crippen MR) is 96.0 cm³/mol. The summed E-state index contributed by atoms with van der Waals surface area (Å²) in [5.41, 5.74) is 2.85. The van der Waals surface area contributed by atoms with E-state index in [1.165, 1.54) is 12.3 Å². The molecule has 1 aliphatic rings. The zero-order chi connectivity index (χ0) is 18.4. The number of hydrazone groups is 1. The SMILES string of the molecule is CCCOc1ccc(/C=N/NC(=O)C2COc3ccccc3O2)c(O)c1. The zero-order valence-electron chi connectivity index (χ0n) is 14.3. The first kappa shape index (κ1) is 17.6. The molecular weight excluding hydrogens is 336 g/mol. The van der Waals surface area contributed by atoms with Crippen molar-refractivity contribution in [2.24, 2.45) is 5.10 Å². The van der Waals surface area contributed by atoms with Gasteiger partial charge in [-0.3, -0.25) is 4.79 Å². The Hall–Kier alpha value is -3.22. The molecule has 3 rings (SSSR count). The number of carbonyl (C=O) groups is 1. The van der Waals surface area contributed by atoms with Gasteiger partial charge in [-0.2, -0.15) is 5.10 Å². The highest BCUT2D eigenvalue weighted by Gasteiger charge is 2.26. The highest BCUT2D eigenvalue weighted by Crippen LogP contribution is 2.30. The van der Waals surface area contributed by atoms with E-state index >= 15 is 0 Å². The highest BCUT2D eigenvalue weighted by molar-refractivity contribution is 5.86. The normalized spacial score (nSPS) is 15.7. The number of rotatable bonds is 6. The van der Waals surface area contributed by atoms with Gasteiger partial charge in [0.25, 0.3) is 5.91 Å². The first-order chi connectivity index (χ1) is 12.7. The van der Waals surface area contributed by atoms with E-state index in [2.05, 4.69) is 10.5 Å². The van der Waals surface area contributed by atoms with Crippen LogP contribution in [0.1, 0.15) is 18.9 Å². The van der Waals surface area contributed by atoms with Gasteiger partial charge >= 0.3 is 0 Å². The molecular formula is C19H20N2O5. The molecule has 0 saturated carbocycles. The van der Waals surface area contributed by atoms with E-state index in [9.17, 15) is 9.90 Å². The third-order valence-electron chi connectivity index (χ3n) is 3.65. The molecule has 0 radical (unpaired) electrons. The summed E-state index contributed by atoms with van der Waals surface area (Å²) in [7, 11) is 0. The molecule has 0 saturated heterocycles. The average Bonchev–Trinajstić information content (AvgIpc) is 2.67. The van der Waals surface area contributed by atoms with Crippen molar-refractivity contribution in [1.29, 1.82) is 0 Å². The van der Waals surface area contributed by atoms with E-state index in [-0.39, 0.29) is 12.4 Å². The lowest BCUT2D eigenvalue weighted by atomic mass is 10.2. The van der Waals surface area contributed by atoms with E-state index in [0.717, 1.165) is 6.42 Å². The number of phenols is 1. The van der Waals surface area contributed by atoms with Crippen molar-refractivity contribution in [2.75, 3.05) is 13.2 Å². The van der Waals surface area contributed by atoms with Crippen molar-refractivity contribution >= 4 is 12.1 Å². The molecule has 0 aromatic heterocycles. The molecule has 1 atom stereocenters. The summed E-state index contributed by atoms with van der Waals surface area (Å²) in [5.74, 6) is 1.29. The van der Waals surface area contributed by atoms with Crippen LogP contribution in [-0.4, -0.2) is 36.5 Å². The fraction of sp³-hybridized carbons (Fsp3) is 0.263. The van der Waals surface area contributed by atoms with E-state index in [1.807, 2.05) is 13.0 Å². The van der Waals surface area contributed by atoms with Crippen LogP contribution in [-0.2, 0) is 4.79 Å². The number of hydrogen-bond donors (Lipinski definition) is 2. The molecule has 1 unspecified atom stereocenters. The van der Waals surface area contributed by atoms with E-state index in [1.54, 1.807) is 30.3 Å². The molecule has 2 aromatic carbocycles. The van der Waals surface area contributed by atoms with Crippen LogP contribution in [0, 0.1) is 0 Å². The fourth-order valence-electron chi connectivity index (χ4n) is 2.33. The van der Waals surface area contributed by atoms with Gasteiger partial charge < -0.3 is 19.3 Å². The monoisotopic (exact) mass is 356 g/mol. The number of hydrogen-bond acceptors (Lipinski definition) is 6. The minimum Gasteiger partial charge on any atom is -0.507 e. The summed E-state index contributed by atoms with van der Waals surface area (Å²) in [4.78, 5) is 12.1. The number of para-hydroxylation sites is 2. The molecule has 7 nitrogen and oxygen atoms in total. The van der Waals surface area contributed by atoms with Gasteiger partial charge in [0.2, 0.25) is 6.10 Å².